The maximum Gasteiger partial charge on any atom is 0.338 e. The first-order valence-electron chi connectivity index (χ1n) is 10.6. The van der Waals surface area contributed by atoms with E-state index in [-0.39, 0.29) is 35.1 Å². The Balaban J connectivity index is 1.36. The van der Waals surface area contributed by atoms with Crippen molar-refractivity contribution in [3.63, 3.8) is 0 Å². The predicted molar refractivity (Wildman–Crippen MR) is 124 cm³/mol. The highest BCUT2D eigenvalue weighted by atomic mass is 35.5. The molecule has 0 bridgehead atoms. The molecule has 0 aromatic heterocycles. The molecule has 3 amide bonds. The van der Waals surface area contributed by atoms with E-state index in [1.165, 1.54) is 29.2 Å². The summed E-state index contributed by atoms with van der Waals surface area (Å²) in [5.41, 5.74) is 2.00. The van der Waals surface area contributed by atoms with E-state index in [0.717, 1.165) is 5.56 Å². The highest BCUT2D eigenvalue weighted by molar-refractivity contribution is 6.31. The number of benzene rings is 2. The molecule has 3 atom stereocenters. The van der Waals surface area contributed by atoms with Crippen molar-refractivity contribution < 1.29 is 23.9 Å². The average Bonchev–Trinajstić information content (AvgIpc) is 3.06. The molecular weight excluding hydrogens is 444 g/mol. The van der Waals surface area contributed by atoms with E-state index in [0.29, 0.717) is 22.8 Å². The van der Waals surface area contributed by atoms with Gasteiger partial charge in [0.1, 0.15) is 0 Å². The number of amides is 3. The van der Waals surface area contributed by atoms with Gasteiger partial charge in [0.05, 0.1) is 23.1 Å². The smallest absolute Gasteiger partial charge is 0.338 e. The van der Waals surface area contributed by atoms with E-state index in [2.05, 4.69) is 5.32 Å². The van der Waals surface area contributed by atoms with Gasteiger partial charge in [-0.15, -0.1) is 0 Å². The van der Waals surface area contributed by atoms with E-state index >= 15 is 0 Å². The number of aryl methyl sites for hydroxylation is 1. The van der Waals surface area contributed by atoms with Gasteiger partial charge in [0.25, 0.3) is 5.91 Å². The Hall–Kier alpha value is -3.45. The first kappa shape index (κ1) is 22.7. The Bertz CT molecular complexity index is 1160. The molecule has 2 aromatic carbocycles. The molecule has 0 radical (unpaired) electrons. The molecule has 1 fully saturated rings. The molecule has 1 aliphatic heterocycles. The summed E-state index contributed by atoms with van der Waals surface area (Å²) in [5.74, 6) is -2.32. The third-order valence-corrected chi connectivity index (χ3v) is 6.43. The van der Waals surface area contributed by atoms with Crippen LogP contribution in [0.25, 0.3) is 0 Å². The first-order chi connectivity index (χ1) is 15.8. The summed E-state index contributed by atoms with van der Waals surface area (Å²) in [6, 6.07) is 11.1. The van der Waals surface area contributed by atoms with Crippen molar-refractivity contribution in [3.05, 3.63) is 70.8 Å². The van der Waals surface area contributed by atoms with Crippen LogP contribution in [0.2, 0.25) is 5.02 Å². The Morgan fingerprint density at radius 2 is 1.85 bits per heavy atom. The number of nitrogens with one attached hydrogen (secondary N) is 1. The Morgan fingerprint density at radius 3 is 2.52 bits per heavy atom. The average molecular weight is 467 g/mol. The molecule has 1 aliphatic carbocycles. The highest BCUT2D eigenvalue weighted by Crippen LogP contribution is 2.40. The number of fused-ring (bicyclic) bond motifs is 1. The molecule has 33 heavy (non-hydrogen) atoms. The van der Waals surface area contributed by atoms with Gasteiger partial charge in [-0.2, -0.15) is 0 Å². The van der Waals surface area contributed by atoms with Crippen LogP contribution >= 0.6 is 11.6 Å². The van der Waals surface area contributed by atoms with Crippen LogP contribution in [0.1, 0.15) is 29.3 Å². The number of ether oxygens (including phenoxy) is 1. The minimum absolute atomic E-state index is 0.00142. The molecule has 0 saturated carbocycles. The number of nitrogens with zero attached hydrogens (tertiary/aromatic N) is 1. The molecule has 170 valence electrons. The molecule has 4 rings (SSSR count). The number of rotatable bonds is 5. The van der Waals surface area contributed by atoms with Gasteiger partial charge in [-0.25, -0.2) is 4.79 Å². The largest absolute Gasteiger partial charge is 0.452 e. The SMILES string of the molecule is Cc1ccc(NC(=O)COC(=O)c2ccc(N3C(=O)[C@@H]4[C@@H](C)C=CC[C@H]4C3=O)cc2)cc1Cl. The summed E-state index contributed by atoms with van der Waals surface area (Å²) < 4.78 is 5.08. The number of carbonyl (C=O) groups excluding carboxylic acids is 4. The number of carbonyl (C=O) groups is 4. The molecule has 2 aliphatic rings. The van der Waals surface area contributed by atoms with Gasteiger partial charge in [-0.05, 0) is 61.2 Å². The third-order valence-electron chi connectivity index (χ3n) is 6.02. The topological polar surface area (TPSA) is 92.8 Å². The molecule has 1 saturated heterocycles. The first-order valence-corrected chi connectivity index (χ1v) is 11.0. The summed E-state index contributed by atoms with van der Waals surface area (Å²) >= 11 is 6.04. The zero-order valence-corrected chi connectivity index (χ0v) is 19.0. The van der Waals surface area contributed by atoms with Crippen LogP contribution in [0.3, 0.4) is 0 Å². The monoisotopic (exact) mass is 466 g/mol. The second-order valence-corrected chi connectivity index (χ2v) is 8.71. The quantitative estimate of drug-likeness (QED) is 0.406. The molecule has 8 heteroatoms. The van der Waals surface area contributed by atoms with Gasteiger partial charge in [0.2, 0.25) is 11.8 Å². The normalized spacial score (nSPS) is 21.7. The number of anilines is 2. The van der Waals surface area contributed by atoms with Gasteiger partial charge >= 0.3 is 5.97 Å². The van der Waals surface area contributed by atoms with Gasteiger partial charge in [0, 0.05) is 10.7 Å². The minimum Gasteiger partial charge on any atom is -0.452 e. The van der Waals surface area contributed by atoms with Crippen LogP contribution in [0.15, 0.2) is 54.6 Å². The lowest BCUT2D eigenvalue weighted by molar-refractivity contribution is -0.123. The Labute approximate surface area is 196 Å². The van der Waals surface area contributed by atoms with Crippen molar-refractivity contribution in [1.29, 1.82) is 0 Å². The number of hydrogen-bond donors (Lipinski definition) is 1. The van der Waals surface area contributed by atoms with E-state index in [4.69, 9.17) is 16.3 Å². The van der Waals surface area contributed by atoms with Crippen LogP contribution < -0.4 is 10.2 Å². The minimum atomic E-state index is -0.691. The fourth-order valence-electron chi connectivity index (χ4n) is 4.23. The van der Waals surface area contributed by atoms with Crippen LogP contribution in [-0.2, 0) is 19.1 Å². The fraction of sp³-hybridized carbons (Fsp3) is 0.280. The lowest BCUT2D eigenvalue weighted by Crippen LogP contribution is -2.31. The zero-order valence-electron chi connectivity index (χ0n) is 18.2. The van der Waals surface area contributed by atoms with Crippen molar-refractivity contribution in [3.8, 4) is 0 Å². The molecule has 2 aromatic rings. The summed E-state index contributed by atoms with van der Waals surface area (Å²) in [6.07, 6.45) is 4.47. The van der Waals surface area contributed by atoms with Gasteiger partial charge < -0.3 is 10.1 Å². The summed E-state index contributed by atoms with van der Waals surface area (Å²) in [7, 11) is 0. The van der Waals surface area contributed by atoms with Crippen molar-refractivity contribution in [1.82, 2.24) is 0 Å². The summed E-state index contributed by atoms with van der Waals surface area (Å²) in [6.45, 7) is 3.31. The number of allylic oxidation sites excluding steroid dienone is 2. The van der Waals surface area contributed by atoms with E-state index < -0.39 is 18.5 Å². The van der Waals surface area contributed by atoms with Crippen LogP contribution in [0.5, 0.6) is 0 Å². The highest BCUT2D eigenvalue weighted by Gasteiger charge is 2.50. The molecule has 1 heterocycles. The Morgan fingerprint density at radius 1 is 1.12 bits per heavy atom. The van der Waals surface area contributed by atoms with Crippen molar-refractivity contribution >= 4 is 46.7 Å². The number of hydrogen-bond acceptors (Lipinski definition) is 5. The molecule has 0 unspecified atom stereocenters. The van der Waals surface area contributed by atoms with E-state index in [1.807, 2.05) is 26.0 Å². The number of esters is 1. The van der Waals surface area contributed by atoms with Crippen LogP contribution in [0.4, 0.5) is 11.4 Å². The predicted octanol–water partition coefficient (Wildman–Crippen LogP) is 4.15. The maximum absolute atomic E-state index is 12.9. The summed E-state index contributed by atoms with van der Waals surface area (Å²) in [5, 5.41) is 3.13. The van der Waals surface area contributed by atoms with Crippen LogP contribution in [-0.4, -0.2) is 30.3 Å². The maximum atomic E-state index is 12.9. The number of imide groups is 1. The summed E-state index contributed by atoms with van der Waals surface area (Å²) in [4.78, 5) is 51.3. The van der Waals surface area contributed by atoms with Crippen molar-refractivity contribution in [2.45, 2.75) is 20.3 Å². The molecule has 1 N–H and O–H groups in total. The van der Waals surface area contributed by atoms with Gasteiger partial charge in [-0.3, -0.25) is 19.3 Å². The third kappa shape index (κ3) is 4.54. The van der Waals surface area contributed by atoms with E-state index in [1.54, 1.807) is 18.2 Å². The van der Waals surface area contributed by atoms with Gasteiger partial charge in [-0.1, -0.05) is 36.7 Å². The van der Waals surface area contributed by atoms with E-state index in [9.17, 15) is 19.2 Å². The van der Waals surface area contributed by atoms with Gasteiger partial charge in [0.15, 0.2) is 6.61 Å². The standard InChI is InChI=1S/C25H23ClN2O5/c1-14-6-9-17(12-20(14)26)27-21(29)13-33-25(32)16-7-10-18(11-8-16)28-23(30)19-5-3-4-15(2)22(19)24(28)31/h3-4,6-12,15,19,22H,5,13H2,1-2H3,(H,27,29)/t15-,19+,22+/m0/s1. The van der Waals surface area contributed by atoms with Crippen molar-refractivity contribution in [2.24, 2.45) is 17.8 Å². The Kier molecular flexibility index (Phi) is 6.33. The lowest BCUT2D eigenvalue weighted by Gasteiger charge is -2.22. The molecule has 0 spiro atoms. The zero-order chi connectivity index (χ0) is 23.7. The fourth-order valence-corrected chi connectivity index (χ4v) is 4.41. The second-order valence-electron chi connectivity index (χ2n) is 8.30. The second kappa shape index (κ2) is 9.19. The lowest BCUT2D eigenvalue weighted by atomic mass is 9.78. The van der Waals surface area contributed by atoms with Crippen molar-refractivity contribution in [2.75, 3.05) is 16.8 Å². The molecule has 7 nitrogen and oxygen atoms in total. The van der Waals surface area contributed by atoms with Crippen LogP contribution in [0, 0.1) is 24.7 Å². The number of halogens is 1. The molecular formula is C25H23ClN2O5.